The van der Waals surface area contributed by atoms with Crippen molar-refractivity contribution in [2.45, 2.75) is 51.9 Å². The monoisotopic (exact) mass is 575 g/mol. The van der Waals surface area contributed by atoms with Gasteiger partial charge in [0.05, 0.1) is 10.9 Å². The molecule has 11 heteroatoms. The minimum absolute atomic E-state index is 0.148. The van der Waals surface area contributed by atoms with Gasteiger partial charge in [-0.25, -0.2) is 14.5 Å². The zero-order chi connectivity index (χ0) is 23.0. The molecule has 2 fully saturated rings. The van der Waals surface area contributed by atoms with Crippen LogP contribution < -0.4 is 0 Å². The van der Waals surface area contributed by atoms with Crippen LogP contribution in [0.4, 0.5) is 4.79 Å². The number of aromatic nitrogens is 3. The van der Waals surface area contributed by atoms with Gasteiger partial charge in [0.2, 0.25) is 0 Å². The summed E-state index contributed by atoms with van der Waals surface area (Å²) < 4.78 is 13.8. The molecule has 174 valence electrons. The van der Waals surface area contributed by atoms with E-state index < -0.39 is 5.60 Å². The van der Waals surface area contributed by atoms with Crippen LogP contribution in [-0.4, -0.2) is 75.0 Å². The first kappa shape index (κ1) is 23.5. The van der Waals surface area contributed by atoms with Crippen molar-refractivity contribution in [3.05, 3.63) is 20.5 Å². The number of amides is 2. The third kappa shape index (κ3) is 4.96. The predicted molar refractivity (Wildman–Crippen MR) is 128 cm³/mol. The maximum absolute atomic E-state index is 13.4. The fourth-order valence-electron chi connectivity index (χ4n) is 3.94. The van der Waals surface area contributed by atoms with E-state index in [0.717, 1.165) is 19.3 Å². The molecule has 0 spiro atoms. The first-order valence-electron chi connectivity index (χ1n) is 10.8. The number of ether oxygens (including phenoxy) is 2. The normalized spacial score (nSPS) is 20.0. The van der Waals surface area contributed by atoms with Gasteiger partial charge in [0.1, 0.15) is 14.5 Å². The molecule has 9 nitrogen and oxygen atoms in total. The summed E-state index contributed by atoms with van der Waals surface area (Å²) in [5.74, 6) is -0.148. The molecule has 4 heterocycles. The van der Waals surface area contributed by atoms with Crippen molar-refractivity contribution in [3.63, 3.8) is 0 Å². The Morgan fingerprint density at radius 2 is 1.88 bits per heavy atom. The first-order chi connectivity index (χ1) is 15.1. The summed E-state index contributed by atoms with van der Waals surface area (Å²) >= 11 is 8.45. The third-order valence-electron chi connectivity index (χ3n) is 5.47. The maximum atomic E-state index is 13.4. The SMILES string of the molecule is CC(C)(C)OC(=O)N1CCN(C(=O)c2cc(Cl)nc3c2c(I)nn3C2CCCCO2)CC1. The van der Waals surface area contributed by atoms with Crippen molar-refractivity contribution in [3.8, 4) is 0 Å². The van der Waals surface area contributed by atoms with Crippen LogP contribution in [0, 0.1) is 3.70 Å². The van der Waals surface area contributed by atoms with Crippen LogP contribution in [-0.2, 0) is 9.47 Å². The van der Waals surface area contributed by atoms with Gasteiger partial charge in [0.25, 0.3) is 5.91 Å². The van der Waals surface area contributed by atoms with E-state index >= 15 is 0 Å². The zero-order valence-corrected chi connectivity index (χ0v) is 21.3. The number of hydrogen-bond acceptors (Lipinski definition) is 6. The average molecular weight is 576 g/mol. The smallest absolute Gasteiger partial charge is 0.410 e. The van der Waals surface area contributed by atoms with E-state index in [1.807, 2.05) is 20.8 Å². The molecule has 1 atom stereocenters. The van der Waals surface area contributed by atoms with Crippen LogP contribution in [0.15, 0.2) is 6.07 Å². The number of rotatable bonds is 2. The third-order valence-corrected chi connectivity index (χ3v) is 6.41. The lowest BCUT2D eigenvalue weighted by atomic mass is 10.1. The lowest BCUT2D eigenvalue weighted by Gasteiger charge is -2.35. The van der Waals surface area contributed by atoms with E-state index in [-0.39, 0.29) is 23.4 Å². The molecule has 2 aliphatic heterocycles. The van der Waals surface area contributed by atoms with Gasteiger partial charge in [-0.1, -0.05) is 11.6 Å². The molecule has 2 saturated heterocycles. The van der Waals surface area contributed by atoms with E-state index in [1.54, 1.807) is 20.5 Å². The molecule has 0 bridgehead atoms. The highest BCUT2D eigenvalue weighted by atomic mass is 127. The number of pyridine rings is 1. The lowest BCUT2D eigenvalue weighted by Crippen LogP contribution is -2.51. The van der Waals surface area contributed by atoms with Gasteiger partial charge >= 0.3 is 6.09 Å². The number of carbonyl (C=O) groups is 2. The molecule has 0 aromatic carbocycles. The summed E-state index contributed by atoms with van der Waals surface area (Å²) in [7, 11) is 0. The van der Waals surface area contributed by atoms with Gasteiger partial charge in [-0.2, -0.15) is 5.10 Å². The summed E-state index contributed by atoms with van der Waals surface area (Å²) in [5, 5.41) is 5.55. The average Bonchev–Trinajstić information content (AvgIpc) is 3.08. The molecule has 2 amide bonds. The van der Waals surface area contributed by atoms with Crippen molar-refractivity contribution in [2.24, 2.45) is 0 Å². The van der Waals surface area contributed by atoms with Gasteiger partial charge < -0.3 is 19.3 Å². The van der Waals surface area contributed by atoms with Gasteiger partial charge in [0.15, 0.2) is 11.9 Å². The molecule has 2 aromatic rings. The minimum atomic E-state index is -0.553. The Balaban J connectivity index is 1.55. The highest BCUT2D eigenvalue weighted by Crippen LogP contribution is 2.31. The predicted octanol–water partition coefficient (Wildman–Crippen LogP) is 4.08. The Labute approximate surface area is 205 Å². The van der Waals surface area contributed by atoms with Crippen molar-refractivity contribution in [1.82, 2.24) is 24.6 Å². The molecule has 4 rings (SSSR count). The molecule has 32 heavy (non-hydrogen) atoms. The summed E-state index contributed by atoms with van der Waals surface area (Å²) in [4.78, 5) is 33.6. The van der Waals surface area contributed by atoms with Gasteiger partial charge in [-0.15, -0.1) is 0 Å². The molecular formula is C21H27ClIN5O4. The number of halogens is 2. The van der Waals surface area contributed by atoms with Gasteiger partial charge in [-0.05, 0) is 68.7 Å². The van der Waals surface area contributed by atoms with E-state index in [1.165, 1.54) is 0 Å². The number of fused-ring (bicyclic) bond motifs is 1. The van der Waals surface area contributed by atoms with Crippen LogP contribution in [0.2, 0.25) is 5.15 Å². The highest BCUT2D eigenvalue weighted by Gasteiger charge is 2.31. The summed E-state index contributed by atoms with van der Waals surface area (Å²) in [6.07, 6.45) is 2.36. The zero-order valence-electron chi connectivity index (χ0n) is 18.4. The van der Waals surface area contributed by atoms with E-state index in [4.69, 9.17) is 21.1 Å². The van der Waals surface area contributed by atoms with Crippen molar-refractivity contribution in [1.29, 1.82) is 0 Å². The molecule has 0 aliphatic carbocycles. The molecule has 0 radical (unpaired) electrons. The molecule has 2 aliphatic rings. The topological polar surface area (TPSA) is 89.8 Å². The van der Waals surface area contributed by atoms with Gasteiger partial charge in [-0.3, -0.25) is 4.79 Å². The van der Waals surface area contributed by atoms with Crippen molar-refractivity contribution in [2.75, 3.05) is 32.8 Å². The summed E-state index contributed by atoms with van der Waals surface area (Å²) in [6, 6.07) is 1.60. The van der Waals surface area contributed by atoms with E-state index in [0.29, 0.717) is 53.1 Å². The minimum Gasteiger partial charge on any atom is -0.444 e. The molecule has 1 unspecified atom stereocenters. The molecule has 2 aromatic heterocycles. The Kier molecular flexibility index (Phi) is 6.83. The fraction of sp³-hybridized carbons (Fsp3) is 0.619. The molecule has 0 saturated carbocycles. The number of piperazine rings is 1. The van der Waals surface area contributed by atoms with Crippen molar-refractivity contribution < 1.29 is 19.1 Å². The number of nitrogens with zero attached hydrogens (tertiary/aromatic N) is 5. The Hall–Kier alpha value is -1.66. The number of carbonyl (C=O) groups excluding carboxylic acids is 2. The maximum Gasteiger partial charge on any atom is 0.410 e. The van der Waals surface area contributed by atoms with Gasteiger partial charge in [0, 0.05) is 32.8 Å². The lowest BCUT2D eigenvalue weighted by molar-refractivity contribution is -0.0372. The summed E-state index contributed by atoms with van der Waals surface area (Å²) in [6.45, 7) is 7.84. The van der Waals surface area contributed by atoms with Crippen LogP contribution in [0.25, 0.3) is 11.0 Å². The second-order valence-electron chi connectivity index (χ2n) is 9.01. The fourth-order valence-corrected chi connectivity index (χ4v) is 4.89. The Morgan fingerprint density at radius 1 is 1.19 bits per heavy atom. The molecule has 0 N–H and O–H groups in total. The van der Waals surface area contributed by atoms with E-state index in [9.17, 15) is 9.59 Å². The quantitative estimate of drug-likeness (QED) is 0.396. The second kappa shape index (κ2) is 9.30. The highest BCUT2D eigenvalue weighted by molar-refractivity contribution is 14.1. The van der Waals surface area contributed by atoms with Crippen LogP contribution >= 0.6 is 34.2 Å². The standard InChI is InChI=1S/C21H27ClIN5O4/c1-21(2,3)32-20(30)27-9-7-26(8-10-27)19(29)13-12-14(22)24-18-16(13)17(23)25-28(18)15-6-4-5-11-31-15/h12,15H,4-11H2,1-3H3. The van der Waals surface area contributed by atoms with Crippen molar-refractivity contribution >= 4 is 57.2 Å². The first-order valence-corrected chi connectivity index (χ1v) is 12.2. The Bertz CT molecular complexity index is 1020. The van der Waals surface area contributed by atoms with E-state index in [2.05, 4.69) is 32.7 Å². The number of hydrogen-bond donors (Lipinski definition) is 0. The molecular weight excluding hydrogens is 549 g/mol. The largest absolute Gasteiger partial charge is 0.444 e. The summed E-state index contributed by atoms with van der Waals surface area (Å²) in [5.41, 5.74) is 0.476. The van der Waals surface area contributed by atoms with Crippen LogP contribution in [0.3, 0.4) is 0 Å². The van der Waals surface area contributed by atoms with Crippen LogP contribution in [0.5, 0.6) is 0 Å². The van der Waals surface area contributed by atoms with Crippen LogP contribution in [0.1, 0.15) is 56.6 Å². The Morgan fingerprint density at radius 3 is 2.50 bits per heavy atom. The second-order valence-corrected chi connectivity index (χ2v) is 10.4.